The number of rotatable bonds is 2. The first-order valence-electron chi connectivity index (χ1n) is 2.94. The molecule has 9 heavy (non-hydrogen) atoms. The summed E-state index contributed by atoms with van der Waals surface area (Å²) < 4.78 is 1.14. The molecule has 0 aromatic heterocycles. The van der Waals surface area contributed by atoms with Gasteiger partial charge in [-0.25, -0.2) is 0 Å². The molecule has 0 radical (unpaired) electrons. The maximum absolute atomic E-state index is 2.24. The number of nitrogens with zero attached hydrogens (tertiary/aromatic N) is 1. The molecule has 0 aliphatic carbocycles. The van der Waals surface area contributed by atoms with Gasteiger partial charge in [-0.15, -0.1) is 0 Å². The van der Waals surface area contributed by atoms with Gasteiger partial charge in [0.2, 0.25) is 0 Å². The molecule has 0 unspecified atom stereocenters. The lowest BCUT2D eigenvalue weighted by Crippen LogP contribution is -2.38. The van der Waals surface area contributed by atoms with E-state index in [1.807, 2.05) is 0 Å². The third kappa shape index (κ3) is 7.85. The van der Waals surface area contributed by atoms with Gasteiger partial charge in [0.15, 0.2) is 0 Å². The summed E-state index contributed by atoms with van der Waals surface area (Å²) in [5, 5.41) is 0. The van der Waals surface area contributed by atoms with Crippen LogP contribution in [0.4, 0.5) is 4.70 Å². The highest BCUT2D eigenvalue weighted by Crippen LogP contribution is 1.91. The zero-order chi connectivity index (χ0) is 5.91. The van der Waals surface area contributed by atoms with Crippen LogP contribution < -0.4 is 0 Å². The summed E-state index contributed by atoms with van der Waals surface area (Å²) in [5.41, 5.74) is 0. The highest BCUT2D eigenvalue weighted by Gasteiger charge is 2.04. The molecule has 0 atom stereocenters. The van der Waals surface area contributed by atoms with E-state index in [0.29, 0.717) is 0 Å². The van der Waals surface area contributed by atoms with Crippen molar-refractivity contribution in [2.75, 3.05) is 27.2 Å². The van der Waals surface area contributed by atoms with Crippen LogP contribution in [0.2, 0.25) is 0 Å². The molecule has 2 nitrogen and oxygen atoms in total. The van der Waals surface area contributed by atoms with Crippen molar-refractivity contribution in [1.29, 1.82) is 0 Å². The Bertz CT molecular complexity index is 51.0. The highest BCUT2D eigenvalue weighted by molar-refractivity contribution is 4.17. The topological polar surface area (TPSA) is 30.0 Å². The van der Waals surface area contributed by atoms with Crippen LogP contribution in [0.15, 0.2) is 0 Å². The number of quaternary nitrogens is 1. The summed E-state index contributed by atoms with van der Waals surface area (Å²) in [6.45, 7) is 6.89. The number of hydrogen-bond donors (Lipinski definition) is 0. The summed E-state index contributed by atoms with van der Waals surface area (Å²) in [6, 6.07) is 0. The summed E-state index contributed by atoms with van der Waals surface area (Å²) in [4.78, 5) is 0. The average molecular weight is 139 g/mol. The molecule has 0 aliphatic rings. The van der Waals surface area contributed by atoms with Crippen LogP contribution in [0.25, 0.3) is 0 Å². The fourth-order valence-electron chi connectivity index (χ4n) is 0.224. The van der Waals surface area contributed by atoms with Gasteiger partial charge >= 0.3 is 0 Å². The molecule has 0 rings (SSSR count). The van der Waals surface area contributed by atoms with Gasteiger partial charge in [-0.1, -0.05) is 0 Å². The summed E-state index contributed by atoms with van der Waals surface area (Å²) in [5.74, 6) is 0. The maximum Gasteiger partial charge on any atom is 0.0753 e. The Hall–Kier alpha value is -0.150. The van der Waals surface area contributed by atoms with Crippen molar-refractivity contribution in [3.05, 3.63) is 0 Å². The molecule has 0 amide bonds. The van der Waals surface area contributed by atoms with Crippen LogP contribution in [0.5, 0.6) is 0 Å². The molecule has 60 valence electrons. The van der Waals surface area contributed by atoms with E-state index >= 15 is 0 Å². The van der Waals surface area contributed by atoms with E-state index in [9.17, 15) is 0 Å². The quantitative estimate of drug-likeness (QED) is 0.526. The molecule has 0 aromatic carbocycles. The van der Waals surface area contributed by atoms with Crippen molar-refractivity contribution in [3.8, 4) is 0 Å². The van der Waals surface area contributed by atoms with Crippen molar-refractivity contribution in [2.24, 2.45) is 0 Å². The van der Waals surface area contributed by atoms with Gasteiger partial charge in [0.25, 0.3) is 0 Å². The molecular formula is C6H18FNO. The Morgan fingerprint density at radius 2 is 1.22 bits per heavy atom. The third-order valence-electron chi connectivity index (χ3n) is 1.71. The summed E-state index contributed by atoms with van der Waals surface area (Å²) in [6.07, 6.45) is 0. The van der Waals surface area contributed by atoms with E-state index in [-0.39, 0.29) is 10.2 Å². The second-order valence-corrected chi connectivity index (χ2v) is 2.57. The summed E-state index contributed by atoms with van der Waals surface area (Å²) in [7, 11) is 4.47. The largest absolute Gasteiger partial charge is 0.870 e. The molecule has 0 aliphatic heterocycles. The van der Waals surface area contributed by atoms with E-state index in [1.165, 1.54) is 13.1 Å². The van der Waals surface area contributed by atoms with Crippen LogP contribution >= 0.6 is 0 Å². The van der Waals surface area contributed by atoms with E-state index in [1.54, 1.807) is 0 Å². The molecule has 0 saturated heterocycles. The smallest absolute Gasteiger partial charge is 0.0753 e. The van der Waals surface area contributed by atoms with Gasteiger partial charge in [-0.05, 0) is 13.8 Å². The van der Waals surface area contributed by atoms with Crippen LogP contribution in [-0.2, 0) is 0 Å². The Morgan fingerprint density at radius 3 is 1.22 bits per heavy atom. The third-order valence-corrected chi connectivity index (χ3v) is 1.71. The molecule has 0 fully saturated rings. The Morgan fingerprint density at radius 1 is 1.00 bits per heavy atom. The minimum atomic E-state index is 0. The van der Waals surface area contributed by atoms with Gasteiger partial charge in [0.05, 0.1) is 27.2 Å². The van der Waals surface area contributed by atoms with Crippen LogP contribution in [0.1, 0.15) is 13.8 Å². The lowest BCUT2D eigenvalue weighted by Gasteiger charge is -2.25. The van der Waals surface area contributed by atoms with E-state index in [0.717, 1.165) is 4.48 Å². The monoisotopic (exact) mass is 139 g/mol. The van der Waals surface area contributed by atoms with Gasteiger partial charge in [-0.3, -0.25) is 4.70 Å². The molecule has 0 bridgehead atoms. The van der Waals surface area contributed by atoms with Gasteiger partial charge in [0, 0.05) is 0 Å². The van der Waals surface area contributed by atoms with Crippen molar-refractivity contribution in [1.82, 2.24) is 0 Å². The Balaban J connectivity index is -0.000000180. The SMILES string of the molecule is CC[N+](C)(C)CC.F.[OH-]. The lowest BCUT2D eigenvalue weighted by molar-refractivity contribution is -0.886. The Labute approximate surface area is 56.7 Å². The second kappa shape index (κ2) is 5.98. The van der Waals surface area contributed by atoms with E-state index in [4.69, 9.17) is 0 Å². The molecular weight excluding hydrogens is 121 g/mol. The first kappa shape index (κ1) is 15.9. The van der Waals surface area contributed by atoms with Crippen molar-refractivity contribution in [2.45, 2.75) is 13.8 Å². The van der Waals surface area contributed by atoms with Crippen molar-refractivity contribution < 1.29 is 14.7 Å². The minimum absolute atomic E-state index is 0. The first-order chi connectivity index (χ1) is 3.12. The zero-order valence-electron chi connectivity index (χ0n) is 6.72. The van der Waals surface area contributed by atoms with E-state index < -0.39 is 0 Å². The fraction of sp³-hybridized carbons (Fsp3) is 1.00. The van der Waals surface area contributed by atoms with Crippen molar-refractivity contribution >= 4 is 0 Å². The number of hydrogen-bond acceptors (Lipinski definition) is 1. The van der Waals surface area contributed by atoms with Gasteiger partial charge < -0.3 is 9.96 Å². The Kier molecular flexibility index (Phi) is 10.6. The standard InChI is InChI=1S/C6H16N.FH.H2O/c1-5-7(3,4)6-2;;/h5-6H2,1-4H3;1H;1H2/q+1;;/p-1. The van der Waals surface area contributed by atoms with Gasteiger partial charge in [0.1, 0.15) is 0 Å². The molecule has 0 aromatic rings. The predicted molar refractivity (Wildman–Crippen MR) is 37.6 cm³/mol. The normalized spacial score (nSPS) is 9.33. The van der Waals surface area contributed by atoms with Crippen LogP contribution in [0.3, 0.4) is 0 Å². The molecule has 0 spiro atoms. The minimum Gasteiger partial charge on any atom is -0.870 e. The molecule has 3 heteroatoms. The molecule has 1 N–H and O–H groups in total. The maximum atomic E-state index is 2.24. The zero-order valence-corrected chi connectivity index (χ0v) is 6.72. The second-order valence-electron chi connectivity index (χ2n) is 2.57. The van der Waals surface area contributed by atoms with Crippen LogP contribution in [0, 0.1) is 0 Å². The highest BCUT2D eigenvalue weighted by atomic mass is 19.0. The number of halogens is 1. The fourth-order valence-corrected chi connectivity index (χ4v) is 0.224. The first-order valence-corrected chi connectivity index (χ1v) is 2.94. The van der Waals surface area contributed by atoms with E-state index in [2.05, 4.69) is 27.9 Å². The average Bonchev–Trinajstić information content (AvgIpc) is 1.68. The predicted octanol–water partition coefficient (Wildman–Crippen LogP) is 1.08. The summed E-state index contributed by atoms with van der Waals surface area (Å²) >= 11 is 0. The van der Waals surface area contributed by atoms with Crippen molar-refractivity contribution in [3.63, 3.8) is 0 Å². The van der Waals surface area contributed by atoms with Gasteiger partial charge in [-0.2, -0.15) is 0 Å². The lowest BCUT2D eigenvalue weighted by atomic mass is 10.5. The molecule has 0 heterocycles. The van der Waals surface area contributed by atoms with Crippen LogP contribution in [-0.4, -0.2) is 37.1 Å². The molecule has 0 saturated carbocycles.